The van der Waals surface area contributed by atoms with Gasteiger partial charge in [0.25, 0.3) is 0 Å². The molecule has 1 unspecified atom stereocenters. The van der Waals surface area contributed by atoms with E-state index in [2.05, 4.69) is 0 Å². The Hall–Kier alpha value is 2.17. The van der Waals surface area contributed by atoms with Gasteiger partial charge in [-0.2, -0.15) is 9.90 Å². The van der Waals surface area contributed by atoms with Gasteiger partial charge in [-0.3, -0.25) is 0 Å². The molecule has 1 nitrogen and oxygen atoms in total. The molecule has 1 radical (unpaired) electrons. The van der Waals surface area contributed by atoms with Gasteiger partial charge in [-0.15, -0.1) is 0 Å². The summed E-state index contributed by atoms with van der Waals surface area (Å²) < 4.78 is 0. The summed E-state index contributed by atoms with van der Waals surface area (Å²) >= 11 is 0. The van der Waals surface area contributed by atoms with Gasteiger partial charge in [-0.05, 0) is 0 Å². The van der Waals surface area contributed by atoms with Crippen LogP contribution in [-0.2, 0) is 17.1 Å². The molecule has 31 valence electrons. The smallest absolute Gasteiger partial charge is 1.00 e. The second kappa shape index (κ2) is 19.1. The summed E-state index contributed by atoms with van der Waals surface area (Å²) in [5, 5.41) is 0. The van der Waals surface area contributed by atoms with Crippen LogP contribution in [0.1, 0.15) is 2.85 Å². The van der Waals surface area contributed by atoms with Crippen molar-refractivity contribution in [2.75, 3.05) is 0 Å². The van der Waals surface area contributed by atoms with E-state index >= 15 is 0 Å². The van der Waals surface area contributed by atoms with Crippen molar-refractivity contribution in [1.82, 2.24) is 6.15 Å². The molecule has 0 saturated heterocycles. The van der Waals surface area contributed by atoms with Gasteiger partial charge in [0.15, 0.2) is 0 Å². The van der Waals surface area contributed by atoms with E-state index in [4.69, 9.17) is 0 Å². The van der Waals surface area contributed by atoms with Crippen molar-refractivity contribution < 1.29 is 19.9 Å². The molecule has 0 spiro atoms. The maximum Gasteiger partial charge on any atom is 2.00 e. The fourth-order valence-corrected chi connectivity index (χ4v) is 0. The molecule has 0 heterocycles. The number of hydrogen-bond donors (Lipinski definition) is 1. The van der Waals surface area contributed by atoms with Gasteiger partial charge in [-0.1, -0.05) is 0 Å². The zero-order chi connectivity index (χ0) is 0. The van der Waals surface area contributed by atoms with E-state index in [1.54, 1.807) is 0 Å². The Morgan fingerprint density at radius 3 is 1.25 bits per heavy atom. The largest absolute Gasteiger partial charge is 2.00 e. The molecule has 0 aliphatic heterocycles. The summed E-state index contributed by atoms with van der Waals surface area (Å²) in [5.41, 5.74) is 0. The topological polar surface area (TPSA) is 35.0 Å². The van der Waals surface area contributed by atoms with Crippen LogP contribution in [0, 0.1) is 0 Å². The molecule has 1 atom stereocenters. The SMILES string of the molecule is N.P.[Ca+2].[Cu].[H-].[H-]. The Morgan fingerprint density at radius 1 is 1.25 bits per heavy atom. The zero-order valence-corrected chi connectivity index (χ0v) is 6.99. The Bertz CT molecular complexity index is 13.5. The molecular weight excluding hydrogens is 149 g/mol. The van der Waals surface area contributed by atoms with Crippen LogP contribution in [0.4, 0.5) is 0 Å². The minimum atomic E-state index is 0. The molecule has 0 saturated carbocycles. The number of rotatable bonds is 0. The van der Waals surface area contributed by atoms with Crippen LogP contribution in [0.3, 0.4) is 0 Å². The minimum Gasteiger partial charge on any atom is -1.00 e. The molecule has 0 rings (SSSR count). The van der Waals surface area contributed by atoms with Crippen LogP contribution >= 0.6 is 9.90 Å². The maximum absolute atomic E-state index is 0. The van der Waals surface area contributed by atoms with E-state index in [0.29, 0.717) is 0 Å². The third kappa shape index (κ3) is 8.90. The van der Waals surface area contributed by atoms with Gasteiger partial charge in [0, 0.05) is 17.1 Å². The van der Waals surface area contributed by atoms with Crippen LogP contribution in [0.15, 0.2) is 0 Å². The van der Waals surface area contributed by atoms with Crippen molar-refractivity contribution >= 4 is 47.6 Å². The molecule has 0 aliphatic rings. The minimum absolute atomic E-state index is 0. The first-order valence-corrected chi connectivity index (χ1v) is 0. The van der Waals surface area contributed by atoms with Crippen molar-refractivity contribution in [1.29, 1.82) is 0 Å². The van der Waals surface area contributed by atoms with Crippen molar-refractivity contribution in [3.05, 3.63) is 0 Å². The summed E-state index contributed by atoms with van der Waals surface area (Å²) in [5.74, 6) is 0. The fraction of sp³-hybridized carbons (Fsp3) is 0. The van der Waals surface area contributed by atoms with Crippen LogP contribution in [-0.4, -0.2) is 37.7 Å². The molecule has 0 aromatic rings. The average Bonchev–Trinajstić information content (AvgIpc) is 0. The van der Waals surface area contributed by atoms with Crippen molar-refractivity contribution in [2.45, 2.75) is 0 Å². The Kier molecular flexibility index (Phi) is 167. The first kappa shape index (κ1) is 35.0. The molecule has 4 heavy (non-hydrogen) atoms. The number of hydrogen-bond acceptors (Lipinski definition) is 1. The van der Waals surface area contributed by atoms with Crippen LogP contribution in [0.5, 0.6) is 0 Å². The molecule has 0 aromatic carbocycles. The summed E-state index contributed by atoms with van der Waals surface area (Å²) in [6.45, 7) is 0. The normalized spacial score (nSPS) is 0. The Balaban J connectivity index is 0. The molecule has 0 bridgehead atoms. The second-order valence-corrected chi connectivity index (χ2v) is 0. The summed E-state index contributed by atoms with van der Waals surface area (Å²) in [6, 6.07) is 0. The standard InChI is InChI=1S/Ca.Cu.H3N.H3P.2H/h;;2*1H3;;/q+2;;;;2*-1. The third-order valence-electron chi connectivity index (χ3n) is 0. The molecular formula is H8CaCuNP. The Labute approximate surface area is 72.9 Å². The molecule has 0 aromatic heterocycles. The van der Waals surface area contributed by atoms with Crippen molar-refractivity contribution in [3.8, 4) is 0 Å². The predicted octanol–water partition coefficient (Wildman–Crippen LogP) is 0.0618. The molecule has 0 aliphatic carbocycles. The maximum atomic E-state index is 0. The van der Waals surface area contributed by atoms with Gasteiger partial charge in [-0.25, -0.2) is 0 Å². The van der Waals surface area contributed by atoms with E-state index < -0.39 is 0 Å². The van der Waals surface area contributed by atoms with E-state index in [1.807, 2.05) is 0 Å². The molecule has 3 N–H and O–H groups in total. The van der Waals surface area contributed by atoms with Gasteiger partial charge >= 0.3 is 37.7 Å². The summed E-state index contributed by atoms with van der Waals surface area (Å²) in [6.07, 6.45) is 0. The molecule has 4 heteroatoms. The zero-order valence-electron chi connectivity index (χ0n) is 4.42. The quantitative estimate of drug-likeness (QED) is 0.391. The van der Waals surface area contributed by atoms with Gasteiger partial charge in [0.05, 0.1) is 0 Å². The summed E-state index contributed by atoms with van der Waals surface area (Å²) in [4.78, 5) is 0. The molecule has 0 amide bonds. The molecule has 0 fully saturated rings. The fourth-order valence-electron chi connectivity index (χ4n) is 0. The monoisotopic (exact) mass is 156 g/mol. The van der Waals surface area contributed by atoms with Gasteiger partial charge in [0.1, 0.15) is 0 Å². The first-order chi connectivity index (χ1) is 0. The third-order valence-corrected chi connectivity index (χ3v) is 0. The predicted molar refractivity (Wildman–Crippen MR) is 24.1 cm³/mol. The van der Waals surface area contributed by atoms with Gasteiger partial charge < -0.3 is 9.00 Å². The average molecular weight is 157 g/mol. The summed E-state index contributed by atoms with van der Waals surface area (Å²) in [7, 11) is 0. The Morgan fingerprint density at radius 2 is 1.25 bits per heavy atom. The second-order valence-electron chi connectivity index (χ2n) is 0. The van der Waals surface area contributed by atoms with E-state index in [0.717, 1.165) is 0 Å². The van der Waals surface area contributed by atoms with E-state index in [9.17, 15) is 0 Å². The first-order valence-electron chi connectivity index (χ1n) is 0. The van der Waals surface area contributed by atoms with Gasteiger partial charge in [0.2, 0.25) is 0 Å². The van der Waals surface area contributed by atoms with E-state index in [1.165, 1.54) is 0 Å². The van der Waals surface area contributed by atoms with Crippen LogP contribution in [0.2, 0.25) is 0 Å². The van der Waals surface area contributed by atoms with Crippen molar-refractivity contribution in [3.63, 3.8) is 0 Å². The van der Waals surface area contributed by atoms with Crippen molar-refractivity contribution in [2.24, 2.45) is 0 Å². The van der Waals surface area contributed by atoms with Crippen LogP contribution < -0.4 is 6.15 Å². The van der Waals surface area contributed by atoms with Crippen LogP contribution in [0.25, 0.3) is 0 Å². The van der Waals surface area contributed by atoms with E-state index in [-0.39, 0.29) is 73.7 Å².